The molecule has 0 bridgehead atoms. The fraction of sp³-hybridized carbons (Fsp3) is 0.115. The number of nitro benzene ring substituents is 1. The number of hydrogen-bond acceptors (Lipinski definition) is 7. The minimum absolute atomic E-state index is 0.106. The van der Waals surface area contributed by atoms with Crippen LogP contribution in [0.1, 0.15) is 18.2 Å². The van der Waals surface area contributed by atoms with Gasteiger partial charge < -0.3 is 9.47 Å². The maximum absolute atomic E-state index is 13.3. The minimum atomic E-state index is -0.538. The zero-order valence-electron chi connectivity index (χ0n) is 19.5. The SMILES string of the molecule is COC(=O)Cc1[nH]n(-c2ccc([N+](=O)[O-])cc2)c(=O)c1C(C)=Nc1ccc(Oc2ccccc2)cc1. The van der Waals surface area contributed by atoms with Gasteiger partial charge in [0.25, 0.3) is 11.2 Å². The number of carbonyl (C=O) groups is 1. The van der Waals surface area contributed by atoms with Crippen molar-refractivity contribution in [2.24, 2.45) is 4.99 Å². The van der Waals surface area contributed by atoms with Crippen molar-refractivity contribution in [3.05, 3.63) is 111 Å². The molecule has 0 saturated carbocycles. The third-order valence-corrected chi connectivity index (χ3v) is 5.31. The van der Waals surface area contributed by atoms with Crippen LogP contribution >= 0.6 is 0 Å². The van der Waals surface area contributed by atoms with Crippen molar-refractivity contribution in [2.45, 2.75) is 13.3 Å². The van der Waals surface area contributed by atoms with Crippen molar-refractivity contribution < 1.29 is 19.2 Å². The van der Waals surface area contributed by atoms with Crippen LogP contribution in [0.2, 0.25) is 0 Å². The van der Waals surface area contributed by atoms with Crippen LogP contribution in [-0.2, 0) is 16.0 Å². The number of H-pyrrole nitrogens is 1. The normalized spacial score (nSPS) is 11.2. The van der Waals surface area contributed by atoms with E-state index < -0.39 is 16.5 Å². The van der Waals surface area contributed by atoms with Gasteiger partial charge in [-0.1, -0.05) is 18.2 Å². The second-order valence-electron chi connectivity index (χ2n) is 7.74. The van der Waals surface area contributed by atoms with Gasteiger partial charge in [-0.3, -0.25) is 29.8 Å². The molecule has 0 aliphatic carbocycles. The number of nitro groups is 1. The van der Waals surface area contributed by atoms with Crippen LogP contribution in [-0.4, -0.2) is 33.5 Å². The van der Waals surface area contributed by atoms with Crippen molar-refractivity contribution in [2.75, 3.05) is 7.11 Å². The number of methoxy groups -OCH3 is 1. The van der Waals surface area contributed by atoms with Gasteiger partial charge in [-0.25, -0.2) is 4.68 Å². The van der Waals surface area contributed by atoms with E-state index >= 15 is 0 Å². The van der Waals surface area contributed by atoms with Gasteiger partial charge in [0.2, 0.25) is 0 Å². The molecular weight excluding hydrogens is 464 g/mol. The van der Waals surface area contributed by atoms with Crippen LogP contribution in [0.15, 0.2) is 88.6 Å². The molecule has 4 aromatic rings. The van der Waals surface area contributed by atoms with Crippen LogP contribution in [0.5, 0.6) is 11.5 Å². The Hall–Kier alpha value is -4.99. The smallest absolute Gasteiger partial charge is 0.311 e. The number of aromatic nitrogens is 2. The van der Waals surface area contributed by atoms with Gasteiger partial charge >= 0.3 is 5.97 Å². The largest absolute Gasteiger partial charge is 0.469 e. The molecule has 0 radical (unpaired) electrons. The Morgan fingerprint density at radius 1 is 1.00 bits per heavy atom. The molecule has 10 nitrogen and oxygen atoms in total. The first kappa shape index (κ1) is 24.1. The van der Waals surface area contributed by atoms with Crippen LogP contribution < -0.4 is 10.3 Å². The molecule has 0 fully saturated rings. The lowest BCUT2D eigenvalue weighted by Crippen LogP contribution is -2.20. The van der Waals surface area contributed by atoms with E-state index in [0.29, 0.717) is 34.3 Å². The third kappa shape index (κ3) is 5.39. The number of non-ortho nitro benzene ring substituents is 1. The van der Waals surface area contributed by atoms with E-state index in [2.05, 4.69) is 10.1 Å². The molecule has 10 heteroatoms. The van der Waals surface area contributed by atoms with Gasteiger partial charge in [-0.15, -0.1) is 0 Å². The number of nitrogens with zero attached hydrogens (tertiary/aromatic N) is 3. The summed E-state index contributed by atoms with van der Waals surface area (Å²) in [4.78, 5) is 40.3. The maximum Gasteiger partial charge on any atom is 0.311 e. The number of rotatable bonds is 8. The Balaban J connectivity index is 1.67. The Morgan fingerprint density at radius 3 is 2.25 bits per heavy atom. The van der Waals surface area contributed by atoms with Crippen LogP contribution in [0, 0.1) is 10.1 Å². The summed E-state index contributed by atoms with van der Waals surface area (Å²) in [6.45, 7) is 1.67. The Labute approximate surface area is 205 Å². The van der Waals surface area contributed by atoms with Crippen LogP contribution in [0.25, 0.3) is 5.69 Å². The van der Waals surface area contributed by atoms with E-state index in [1.54, 1.807) is 31.2 Å². The Kier molecular flexibility index (Phi) is 7.05. The van der Waals surface area contributed by atoms with Gasteiger partial charge in [-0.2, -0.15) is 0 Å². The summed E-state index contributed by atoms with van der Waals surface area (Å²) in [5.41, 5.74) is 1.31. The molecular formula is C26H22N4O6. The summed E-state index contributed by atoms with van der Waals surface area (Å²) < 4.78 is 11.8. The summed E-state index contributed by atoms with van der Waals surface area (Å²) in [5.74, 6) is 0.798. The molecule has 182 valence electrons. The number of aliphatic imine (C=N–C) groups is 1. The van der Waals surface area contributed by atoms with Crippen molar-refractivity contribution in [3.8, 4) is 17.2 Å². The van der Waals surface area contributed by atoms with Crippen molar-refractivity contribution >= 4 is 23.1 Å². The molecule has 1 heterocycles. The summed E-state index contributed by atoms with van der Waals surface area (Å²) in [6, 6.07) is 21.9. The molecule has 3 aromatic carbocycles. The van der Waals surface area contributed by atoms with E-state index in [9.17, 15) is 19.7 Å². The maximum atomic E-state index is 13.3. The fourth-order valence-corrected chi connectivity index (χ4v) is 3.57. The van der Waals surface area contributed by atoms with E-state index in [0.717, 1.165) is 0 Å². The van der Waals surface area contributed by atoms with Gasteiger partial charge in [-0.05, 0) is 55.5 Å². The Bertz CT molecular complexity index is 1470. The predicted molar refractivity (Wildman–Crippen MR) is 134 cm³/mol. The highest BCUT2D eigenvalue weighted by atomic mass is 16.6. The van der Waals surface area contributed by atoms with E-state index in [4.69, 9.17) is 9.47 Å². The molecule has 1 N–H and O–H groups in total. The molecule has 0 saturated heterocycles. The Morgan fingerprint density at radius 2 is 1.64 bits per heavy atom. The van der Waals surface area contributed by atoms with E-state index in [1.807, 2.05) is 30.3 Å². The number of ether oxygens (including phenoxy) is 2. The summed E-state index contributed by atoms with van der Waals surface area (Å²) >= 11 is 0. The number of nitrogens with one attached hydrogen (secondary N) is 1. The van der Waals surface area contributed by atoms with Gasteiger partial charge in [0.15, 0.2) is 0 Å². The lowest BCUT2D eigenvalue weighted by atomic mass is 10.1. The van der Waals surface area contributed by atoms with Gasteiger partial charge in [0.1, 0.15) is 11.5 Å². The molecule has 4 rings (SSSR count). The number of carbonyl (C=O) groups excluding carboxylic acids is 1. The number of para-hydroxylation sites is 1. The van der Waals surface area contributed by atoms with Gasteiger partial charge in [0, 0.05) is 12.1 Å². The standard InChI is InChI=1S/C26H22N4O6/c1-17(27-18-8-14-22(15-9-18)36-21-6-4-3-5-7-21)25-23(16-24(31)35-2)28-29(26(25)32)19-10-12-20(13-11-19)30(33)34/h3-15,28H,16H2,1-2H3. The quantitative estimate of drug-likeness (QED) is 0.166. The number of esters is 1. The van der Waals surface area contributed by atoms with Crippen molar-refractivity contribution in [1.29, 1.82) is 0 Å². The summed E-state index contributed by atoms with van der Waals surface area (Å²) in [5, 5.41) is 13.9. The highest BCUT2D eigenvalue weighted by Gasteiger charge is 2.21. The first-order chi connectivity index (χ1) is 17.4. The molecule has 36 heavy (non-hydrogen) atoms. The predicted octanol–water partition coefficient (Wildman–Crippen LogP) is 4.72. The number of aromatic amines is 1. The number of hydrogen-bond donors (Lipinski definition) is 1. The van der Waals surface area contributed by atoms with Crippen LogP contribution in [0.3, 0.4) is 0 Å². The first-order valence-corrected chi connectivity index (χ1v) is 10.9. The van der Waals surface area contributed by atoms with Crippen molar-refractivity contribution in [3.63, 3.8) is 0 Å². The minimum Gasteiger partial charge on any atom is -0.469 e. The number of benzene rings is 3. The molecule has 0 amide bonds. The first-order valence-electron chi connectivity index (χ1n) is 10.9. The topological polar surface area (TPSA) is 129 Å². The van der Waals surface area contributed by atoms with E-state index in [-0.39, 0.29) is 17.7 Å². The zero-order valence-corrected chi connectivity index (χ0v) is 19.5. The highest BCUT2D eigenvalue weighted by molar-refractivity contribution is 6.01. The average molecular weight is 486 g/mol. The second-order valence-corrected chi connectivity index (χ2v) is 7.74. The summed E-state index contributed by atoms with van der Waals surface area (Å²) in [6.07, 6.45) is -0.183. The average Bonchev–Trinajstić information content (AvgIpc) is 3.21. The monoisotopic (exact) mass is 486 g/mol. The molecule has 0 aliphatic rings. The van der Waals surface area contributed by atoms with Crippen LogP contribution in [0.4, 0.5) is 11.4 Å². The van der Waals surface area contributed by atoms with Crippen molar-refractivity contribution in [1.82, 2.24) is 9.78 Å². The molecule has 0 unspecified atom stereocenters. The molecule has 0 spiro atoms. The third-order valence-electron chi connectivity index (χ3n) is 5.31. The lowest BCUT2D eigenvalue weighted by molar-refractivity contribution is -0.384. The molecule has 0 atom stereocenters. The highest BCUT2D eigenvalue weighted by Crippen LogP contribution is 2.24. The summed E-state index contributed by atoms with van der Waals surface area (Å²) in [7, 11) is 1.26. The van der Waals surface area contributed by atoms with Gasteiger partial charge in [0.05, 0.1) is 46.8 Å². The molecule has 1 aromatic heterocycles. The van der Waals surface area contributed by atoms with E-state index in [1.165, 1.54) is 36.1 Å². The lowest BCUT2D eigenvalue weighted by Gasteiger charge is -2.06. The second kappa shape index (κ2) is 10.5. The zero-order chi connectivity index (χ0) is 25.7. The fourth-order valence-electron chi connectivity index (χ4n) is 3.57. The molecule has 0 aliphatic heterocycles.